The lowest BCUT2D eigenvalue weighted by atomic mass is 10.1. The van der Waals surface area contributed by atoms with E-state index in [9.17, 15) is 24.0 Å². The summed E-state index contributed by atoms with van der Waals surface area (Å²) in [4.78, 5) is 65.0. The number of hydrogen-bond acceptors (Lipinski definition) is 8. The van der Waals surface area contributed by atoms with Gasteiger partial charge in [0, 0.05) is 19.4 Å². The molecule has 0 radical (unpaired) electrons. The van der Waals surface area contributed by atoms with Gasteiger partial charge in [0.05, 0.1) is 0 Å². The summed E-state index contributed by atoms with van der Waals surface area (Å²) < 4.78 is 10.3. The highest BCUT2D eigenvalue weighted by molar-refractivity contribution is 6.01. The summed E-state index contributed by atoms with van der Waals surface area (Å²) in [5, 5.41) is 5.46. The fraction of sp³-hybridized carbons (Fsp3) is 0.522. The van der Waals surface area contributed by atoms with Crippen LogP contribution in [0.5, 0.6) is 0 Å². The van der Waals surface area contributed by atoms with Gasteiger partial charge in [-0.25, -0.2) is 14.4 Å². The molecule has 4 amide bonds. The Labute approximate surface area is 198 Å². The van der Waals surface area contributed by atoms with E-state index in [1.807, 2.05) is 6.07 Å². The van der Waals surface area contributed by atoms with E-state index in [-0.39, 0.29) is 32.4 Å². The van der Waals surface area contributed by atoms with E-state index in [0.29, 0.717) is 17.9 Å². The Balaban J connectivity index is 1.87. The Bertz CT molecular complexity index is 866. The van der Waals surface area contributed by atoms with Gasteiger partial charge in [-0.3, -0.25) is 9.59 Å². The Morgan fingerprint density at radius 3 is 2.26 bits per heavy atom. The van der Waals surface area contributed by atoms with Crippen LogP contribution in [0, 0.1) is 0 Å². The van der Waals surface area contributed by atoms with Crippen molar-refractivity contribution in [2.24, 2.45) is 0 Å². The average molecular weight is 478 g/mol. The highest BCUT2D eigenvalue weighted by Crippen LogP contribution is 2.14. The number of ether oxygens (including phenoxy) is 2. The molecule has 2 N–H and O–H groups in total. The number of alkyl carbamates (subject to hydrolysis) is 2. The van der Waals surface area contributed by atoms with Crippen molar-refractivity contribution in [3.05, 3.63) is 35.9 Å². The summed E-state index contributed by atoms with van der Waals surface area (Å²) in [6.45, 7) is 5.54. The molecule has 1 saturated heterocycles. The normalized spacial score (nSPS) is 14.4. The first-order valence-electron chi connectivity index (χ1n) is 11.1. The number of amides is 4. The number of rotatable bonds is 10. The molecule has 1 fully saturated rings. The second-order valence-corrected chi connectivity index (χ2v) is 8.68. The number of carbonyl (C=O) groups excluding carboxylic acids is 5. The molecule has 0 saturated carbocycles. The van der Waals surface area contributed by atoms with Gasteiger partial charge >= 0.3 is 18.2 Å². The molecule has 2 rings (SSSR count). The SMILES string of the molecule is CC(C)(C)OC(=O)NCCCCC(NC(=O)OCc1ccccc1)C(=O)ON1C(=O)CCC1=O. The molecule has 1 atom stereocenters. The zero-order chi connectivity index (χ0) is 25.1. The van der Waals surface area contributed by atoms with Crippen molar-refractivity contribution in [3.63, 3.8) is 0 Å². The standard InChI is InChI=1S/C23H31N3O8/c1-23(2,3)33-21(30)24-14-8-7-11-17(20(29)34-26-18(27)12-13-19(26)28)25-22(31)32-15-16-9-5-4-6-10-16/h4-6,9-10,17H,7-8,11-15H2,1-3H3,(H,24,30)(H,25,31). The third-order valence-corrected chi connectivity index (χ3v) is 4.56. The number of benzene rings is 1. The maximum atomic E-state index is 12.6. The molecule has 1 aliphatic rings. The molecular formula is C23H31N3O8. The third-order valence-electron chi connectivity index (χ3n) is 4.56. The van der Waals surface area contributed by atoms with E-state index < -0.39 is 41.6 Å². The molecule has 1 heterocycles. The largest absolute Gasteiger partial charge is 0.445 e. The fourth-order valence-corrected chi connectivity index (χ4v) is 2.95. The third kappa shape index (κ3) is 9.47. The molecule has 11 heteroatoms. The molecule has 34 heavy (non-hydrogen) atoms. The van der Waals surface area contributed by atoms with Gasteiger partial charge in [-0.05, 0) is 45.6 Å². The molecule has 186 valence electrons. The lowest BCUT2D eigenvalue weighted by molar-refractivity contribution is -0.199. The smallest absolute Gasteiger partial charge is 0.408 e. The van der Waals surface area contributed by atoms with E-state index in [0.717, 1.165) is 5.56 Å². The summed E-state index contributed by atoms with van der Waals surface area (Å²) >= 11 is 0. The van der Waals surface area contributed by atoms with Crippen LogP contribution >= 0.6 is 0 Å². The second-order valence-electron chi connectivity index (χ2n) is 8.68. The van der Waals surface area contributed by atoms with Gasteiger partial charge in [-0.2, -0.15) is 0 Å². The van der Waals surface area contributed by atoms with Crippen LogP contribution < -0.4 is 10.6 Å². The van der Waals surface area contributed by atoms with Crippen molar-refractivity contribution < 1.29 is 38.3 Å². The summed E-state index contributed by atoms with van der Waals surface area (Å²) in [5.74, 6) is -2.20. The highest BCUT2D eigenvalue weighted by Gasteiger charge is 2.35. The number of nitrogens with zero attached hydrogens (tertiary/aromatic N) is 1. The van der Waals surface area contributed by atoms with Crippen molar-refractivity contribution in [1.29, 1.82) is 0 Å². The van der Waals surface area contributed by atoms with Crippen LogP contribution in [-0.4, -0.2) is 53.2 Å². The Kier molecular flexibility index (Phi) is 9.84. The number of hydroxylamine groups is 2. The van der Waals surface area contributed by atoms with Gasteiger partial charge in [-0.15, -0.1) is 5.06 Å². The first-order valence-corrected chi connectivity index (χ1v) is 11.1. The van der Waals surface area contributed by atoms with Crippen molar-refractivity contribution in [2.75, 3.05) is 6.54 Å². The van der Waals surface area contributed by atoms with Gasteiger partial charge < -0.3 is 24.9 Å². The highest BCUT2D eigenvalue weighted by atomic mass is 16.7. The van der Waals surface area contributed by atoms with E-state index in [2.05, 4.69) is 10.6 Å². The zero-order valence-corrected chi connectivity index (χ0v) is 19.6. The van der Waals surface area contributed by atoms with E-state index in [1.165, 1.54) is 0 Å². The van der Waals surface area contributed by atoms with Crippen molar-refractivity contribution in [2.45, 2.75) is 71.1 Å². The summed E-state index contributed by atoms with van der Waals surface area (Å²) in [6.07, 6.45) is -0.471. The molecule has 0 spiro atoms. The van der Waals surface area contributed by atoms with Crippen LogP contribution in [0.4, 0.5) is 9.59 Å². The number of nitrogens with one attached hydrogen (secondary N) is 2. The maximum Gasteiger partial charge on any atom is 0.408 e. The molecule has 1 unspecified atom stereocenters. The van der Waals surface area contributed by atoms with Crippen LogP contribution in [0.25, 0.3) is 0 Å². The maximum absolute atomic E-state index is 12.6. The minimum absolute atomic E-state index is 0.00263. The molecule has 1 aromatic carbocycles. The minimum atomic E-state index is -1.16. The molecule has 1 aromatic rings. The predicted molar refractivity (Wildman–Crippen MR) is 119 cm³/mol. The monoisotopic (exact) mass is 477 g/mol. The van der Waals surface area contributed by atoms with E-state index in [4.69, 9.17) is 14.3 Å². The molecule has 1 aliphatic heterocycles. The fourth-order valence-electron chi connectivity index (χ4n) is 2.95. The number of unbranched alkanes of at least 4 members (excludes halogenated alkanes) is 1. The van der Waals surface area contributed by atoms with Gasteiger partial charge in [0.25, 0.3) is 11.8 Å². The lowest BCUT2D eigenvalue weighted by Gasteiger charge is -2.21. The first-order chi connectivity index (χ1) is 16.0. The van der Waals surface area contributed by atoms with Crippen molar-refractivity contribution >= 4 is 30.0 Å². The predicted octanol–water partition coefficient (Wildman–Crippen LogP) is 2.58. The van der Waals surface area contributed by atoms with Crippen LogP contribution in [0.15, 0.2) is 30.3 Å². The second kappa shape index (κ2) is 12.6. The molecule has 0 aliphatic carbocycles. The van der Waals surface area contributed by atoms with Crippen LogP contribution in [0.2, 0.25) is 0 Å². The van der Waals surface area contributed by atoms with Gasteiger partial charge in [0.2, 0.25) is 0 Å². The Morgan fingerprint density at radius 2 is 1.65 bits per heavy atom. The lowest BCUT2D eigenvalue weighted by Crippen LogP contribution is -2.45. The van der Waals surface area contributed by atoms with Crippen molar-refractivity contribution in [1.82, 2.24) is 15.7 Å². The summed E-state index contributed by atoms with van der Waals surface area (Å²) in [7, 11) is 0. The van der Waals surface area contributed by atoms with E-state index >= 15 is 0 Å². The zero-order valence-electron chi connectivity index (χ0n) is 19.6. The number of hydrogen-bond donors (Lipinski definition) is 2. The first kappa shape index (κ1) is 26.6. The number of imide groups is 1. The van der Waals surface area contributed by atoms with Crippen LogP contribution in [-0.2, 0) is 35.3 Å². The van der Waals surface area contributed by atoms with Gasteiger partial charge in [0.1, 0.15) is 18.2 Å². The summed E-state index contributed by atoms with van der Waals surface area (Å²) in [5.41, 5.74) is 0.145. The molecule has 0 bridgehead atoms. The topological polar surface area (TPSA) is 140 Å². The molecule has 0 aromatic heterocycles. The van der Waals surface area contributed by atoms with Crippen LogP contribution in [0.3, 0.4) is 0 Å². The van der Waals surface area contributed by atoms with Gasteiger partial charge in [0.15, 0.2) is 0 Å². The molecular weight excluding hydrogens is 446 g/mol. The van der Waals surface area contributed by atoms with Gasteiger partial charge in [-0.1, -0.05) is 30.3 Å². The quantitative estimate of drug-likeness (QED) is 0.387. The minimum Gasteiger partial charge on any atom is -0.445 e. The summed E-state index contributed by atoms with van der Waals surface area (Å²) in [6, 6.07) is 7.82. The van der Waals surface area contributed by atoms with Crippen LogP contribution in [0.1, 0.15) is 58.4 Å². The van der Waals surface area contributed by atoms with Crippen molar-refractivity contribution in [3.8, 4) is 0 Å². The van der Waals surface area contributed by atoms with E-state index in [1.54, 1.807) is 45.0 Å². The molecule has 11 nitrogen and oxygen atoms in total. The Morgan fingerprint density at radius 1 is 1.00 bits per heavy atom. The number of carbonyl (C=O) groups is 5. The average Bonchev–Trinajstić information content (AvgIpc) is 3.08. The Hall–Kier alpha value is -3.63.